The van der Waals surface area contributed by atoms with Gasteiger partial charge in [0, 0.05) is 12.6 Å². The van der Waals surface area contributed by atoms with Crippen LogP contribution in [0.3, 0.4) is 0 Å². The predicted molar refractivity (Wildman–Crippen MR) is 86.3 cm³/mol. The molecule has 1 aliphatic rings. The fourth-order valence-corrected chi connectivity index (χ4v) is 2.88. The van der Waals surface area contributed by atoms with Crippen LogP contribution >= 0.6 is 0 Å². The summed E-state index contributed by atoms with van der Waals surface area (Å²) in [6.45, 7) is 0.518. The van der Waals surface area contributed by atoms with Crippen LogP contribution in [-0.4, -0.2) is 36.5 Å². The smallest absolute Gasteiger partial charge is 0.321 e. The normalized spacial score (nSPS) is 15.4. The molecule has 0 unspecified atom stereocenters. The van der Waals surface area contributed by atoms with Gasteiger partial charge in [0.2, 0.25) is 5.91 Å². The van der Waals surface area contributed by atoms with Crippen LogP contribution in [0.5, 0.6) is 0 Å². The van der Waals surface area contributed by atoms with E-state index in [9.17, 15) is 14.0 Å². The average molecular weight is 321 g/mol. The second-order valence-corrected chi connectivity index (χ2v) is 6.16. The van der Waals surface area contributed by atoms with E-state index in [1.165, 1.54) is 18.6 Å². The number of nitrogens with zero attached hydrogens (tertiary/aromatic N) is 1. The van der Waals surface area contributed by atoms with E-state index < -0.39 is 6.03 Å². The van der Waals surface area contributed by atoms with Crippen molar-refractivity contribution < 1.29 is 14.0 Å². The molecule has 2 N–H and O–H groups in total. The second kappa shape index (κ2) is 8.62. The van der Waals surface area contributed by atoms with Crippen LogP contribution in [0.15, 0.2) is 24.3 Å². The lowest BCUT2D eigenvalue weighted by Crippen LogP contribution is -2.47. The molecule has 0 aliphatic heterocycles. The Labute approximate surface area is 136 Å². The van der Waals surface area contributed by atoms with Gasteiger partial charge in [0.15, 0.2) is 0 Å². The van der Waals surface area contributed by atoms with Gasteiger partial charge < -0.3 is 5.32 Å². The Kier molecular flexibility index (Phi) is 6.52. The molecule has 0 aromatic heterocycles. The van der Waals surface area contributed by atoms with E-state index in [2.05, 4.69) is 10.6 Å². The topological polar surface area (TPSA) is 61.4 Å². The summed E-state index contributed by atoms with van der Waals surface area (Å²) in [7, 11) is 1.75. The van der Waals surface area contributed by atoms with Crippen molar-refractivity contribution in [3.63, 3.8) is 0 Å². The van der Waals surface area contributed by atoms with Gasteiger partial charge in [-0.1, -0.05) is 31.4 Å². The number of benzene rings is 1. The van der Waals surface area contributed by atoms with E-state index in [1.54, 1.807) is 24.1 Å². The van der Waals surface area contributed by atoms with Crippen LogP contribution in [0.2, 0.25) is 0 Å². The second-order valence-electron chi connectivity index (χ2n) is 6.16. The number of nitrogens with one attached hydrogen (secondary N) is 2. The fourth-order valence-electron chi connectivity index (χ4n) is 2.88. The first kappa shape index (κ1) is 17.4. The lowest BCUT2D eigenvalue weighted by molar-refractivity contribution is -0.121. The highest BCUT2D eigenvalue weighted by Gasteiger charge is 2.17. The van der Waals surface area contributed by atoms with Gasteiger partial charge in [-0.3, -0.25) is 15.0 Å². The lowest BCUT2D eigenvalue weighted by atomic mass is 9.96. The van der Waals surface area contributed by atoms with Gasteiger partial charge >= 0.3 is 6.03 Å². The molecule has 0 saturated heterocycles. The van der Waals surface area contributed by atoms with E-state index >= 15 is 0 Å². The molecular formula is C17H24FN3O2. The molecule has 126 valence electrons. The van der Waals surface area contributed by atoms with Crippen molar-refractivity contribution >= 4 is 11.9 Å². The molecule has 1 saturated carbocycles. The van der Waals surface area contributed by atoms with Crippen LogP contribution in [0, 0.1) is 5.82 Å². The van der Waals surface area contributed by atoms with Gasteiger partial charge in [0.1, 0.15) is 5.82 Å². The number of likely N-dealkylation sites (N-methyl/N-ethyl adjacent to an activating group) is 1. The Morgan fingerprint density at radius 1 is 1.26 bits per heavy atom. The number of carbonyl (C=O) groups excluding carboxylic acids is 2. The Hall–Kier alpha value is -1.95. The molecule has 0 spiro atoms. The summed E-state index contributed by atoms with van der Waals surface area (Å²) in [5.41, 5.74) is 0.784. The Balaban J connectivity index is 1.71. The van der Waals surface area contributed by atoms with Crippen molar-refractivity contribution in [3.8, 4) is 0 Å². The largest absolute Gasteiger partial charge is 0.335 e. The van der Waals surface area contributed by atoms with Crippen LogP contribution in [0.25, 0.3) is 0 Å². The molecule has 5 nitrogen and oxygen atoms in total. The van der Waals surface area contributed by atoms with Crippen LogP contribution in [0.4, 0.5) is 9.18 Å². The molecule has 3 amide bonds. The zero-order valence-corrected chi connectivity index (χ0v) is 13.5. The van der Waals surface area contributed by atoms with Crippen LogP contribution in [0.1, 0.15) is 37.7 Å². The van der Waals surface area contributed by atoms with Crippen molar-refractivity contribution in [2.75, 3.05) is 13.6 Å². The van der Waals surface area contributed by atoms with Gasteiger partial charge in [-0.15, -0.1) is 0 Å². The van der Waals surface area contributed by atoms with Gasteiger partial charge in [-0.25, -0.2) is 9.18 Å². The minimum absolute atomic E-state index is 0.0780. The SMILES string of the molecule is CN(CC(=O)NC(=O)NC1CCCCC1)Cc1cccc(F)c1. The third-order valence-electron chi connectivity index (χ3n) is 3.95. The van der Waals surface area contributed by atoms with Gasteiger partial charge in [-0.05, 0) is 37.6 Å². The molecule has 0 radical (unpaired) electrons. The lowest BCUT2D eigenvalue weighted by Gasteiger charge is -2.23. The molecule has 1 aliphatic carbocycles. The Bertz CT molecular complexity index is 544. The average Bonchev–Trinajstić information content (AvgIpc) is 2.47. The number of rotatable bonds is 5. The minimum atomic E-state index is -0.430. The summed E-state index contributed by atoms with van der Waals surface area (Å²) in [6, 6.07) is 5.99. The highest BCUT2D eigenvalue weighted by Crippen LogP contribution is 2.17. The monoisotopic (exact) mass is 321 g/mol. The molecule has 1 fully saturated rings. The van der Waals surface area contributed by atoms with E-state index in [1.807, 2.05) is 0 Å². The summed E-state index contributed by atoms with van der Waals surface area (Å²) in [6.07, 6.45) is 5.40. The molecule has 1 aromatic carbocycles. The third-order valence-corrected chi connectivity index (χ3v) is 3.95. The number of carbonyl (C=O) groups is 2. The fraction of sp³-hybridized carbons (Fsp3) is 0.529. The van der Waals surface area contributed by atoms with Crippen LogP contribution in [-0.2, 0) is 11.3 Å². The molecular weight excluding hydrogens is 297 g/mol. The maximum absolute atomic E-state index is 13.1. The van der Waals surface area contributed by atoms with Gasteiger partial charge in [0.05, 0.1) is 6.54 Å². The zero-order chi connectivity index (χ0) is 16.7. The summed E-state index contributed by atoms with van der Waals surface area (Å²) in [5, 5.41) is 5.19. The first-order chi connectivity index (χ1) is 11.0. The van der Waals surface area contributed by atoms with Crippen molar-refractivity contribution in [3.05, 3.63) is 35.6 Å². The van der Waals surface area contributed by atoms with E-state index in [4.69, 9.17) is 0 Å². The first-order valence-corrected chi connectivity index (χ1v) is 8.06. The molecule has 0 heterocycles. The summed E-state index contributed by atoms with van der Waals surface area (Å²) in [5.74, 6) is -0.663. The van der Waals surface area contributed by atoms with E-state index in [-0.39, 0.29) is 24.3 Å². The Morgan fingerprint density at radius 2 is 2.00 bits per heavy atom. The number of urea groups is 1. The number of amides is 3. The van der Waals surface area contributed by atoms with Gasteiger partial charge in [0.25, 0.3) is 0 Å². The van der Waals surface area contributed by atoms with Crippen molar-refractivity contribution in [1.82, 2.24) is 15.5 Å². The highest BCUT2D eigenvalue weighted by molar-refractivity contribution is 5.95. The van der Waals surface area contributed by atoms with E-state index in [0.717, 1.165) is 31.2 Å². The van der Waals surface area contributed by atoms with Crippen molar-refractivity contribution in [2.24, 2.45) is 0 Å². The summed E-state index contributed by atoms with van der Waals surface area (Å²) in [4.78, 5) is 25.4. The minimum Gasteiger partial charge on any atom is -0.335 e. The quantitative estimate of drug-likeness (QED) is 0.875. The zero-order valence-electron chi connectivity index (χ0n) is 13.5. The predicted octanol–water partition coefficient (Wildman–Crippen LogP) is 2.42. The molecule has 0 atom stereocenters. The molecule has 0 bridgehead atoms. The van der Waals surface area contributed by atoms with E-state index in [0.29, 0.717) is 6.54 Å². The van der Waals surface area contributed by atoms with Crippen molar-refractivity contribution in [1.29, 1.82) is 0 Å². The third kappa shape index (κ3) is 6.36. The van der Waals surface area contributed by atoms with Crippen molar-refractivity contribution in [2.45, 2.75) is 44.7 Å². The molecule has 1 aromatic rings. The van der Waals surface area contributed by atoms with Crippen LogP contribution < -0.4 is 10.6 Å². The molecule has 23 heavy (non-hydrogen) atoms. The Morgan fingerprint density at radius 3 is 2.70 bits per heavy atom. The first-order valence-electron chi connectivity index (χ1n) is 8.06. The summed E-state index contributed by atoms with van der Waals surface area (Å²) < 4.78 is 13.1. The van der Waals surface area contributed by atoms with Gasteiger partial charge in [-0.2, -0.15) is 0 Å². The summed E-state index contributed by atoms with van der Waals surface area (Å²) >= 11 is 0. The maximum atomic E-state index is 13.1. The maximum Gasteiger partial charge on any atom is 0.321 e. The molecule has 6 heteroatoms. The number of halogens is 1. The highest BCUT2D eigenvalue weighted by atomic mass is 19.1. The number of hydrogen-bond acceptors (Lipinski definition) is 3. The number of hydrogen-bond donors (Lipinski definition) is 2. The standard InChI is InChI=1S/C17H24FN3O2/c1-21(11-13-6-5-7-14(18)10-13)12-16(22)20-17(23)19-15-8-3-2-4-9-15/h5-7,10,15H,2-4,8-9,11-12H2,1H3,(H2,19,20,22,23). The molecule has 2 rings (SSSR count). The number of imide groups is 1.